The van der Waals surface area contributed by atoms with Crippen LogP contribution in [0.1, 0.15) is 12.5 Å². The van der Waals surface area contributed by atoms with Crippen molar-refractivity contribution < 1.29 is 9.47 Å². The van der Waals surface area contributed by atoms with E-state index in [0.717, 1.165) is 31.1 Å². The van der Waals surface area contributed by atoms with Gasteiger partial charge < -0.3 is 14.8 Å². The van der Waals surface area contributed by atoms with Crippen molar-refractivity contribution in [2.24, 2.45) is 0 Å². The highest BCUT2D eigenvalue weighted by Gasteiger charge is 2.02. The van der Waals surface area contributed by atoms with Crippen LogP contribution in [0.5, 0.6) is 11.5 Å². The lowest BCUT2D eigenvalue weighted by molar-refractivity contribution is 0.275. The third kappa shape index (κ3) is 5.11. The molecule has 0 spiro atoms. The van der Waals surface area contributed by atoms with E-state index in [0.29, 0.717) is 13.2 Å². The second kappa shape index (κ2) is 8.32. The molecule has 1 aromatic heterocycles. The van der Waals surface area contributed by atoms with Crippen LogP contribution < -0.4 is 14.8 Å². The first kappa shape index (κ1) is 15.4. The minimum Gasteiger partial charge on any atom is -0.490 e. The first-order valence-corrected chi connectivity index (χ1v) is 7.34. The third-order valence-corrected chi connectivity index (χ3v) is 2.97. The predicted octanol–water partition coefficient (Wildman–Crippen LogP) is 2.26. The van der Waals surface area contributed by atoms with Gasteiger partial charge in [-0.3, -0.25) is 4.68 Å². The largest absolute Gasteiger partial charge is 0.490 e. The molecule has 1 heterocycles. The Kier molecular flexibility index (Phi) is 6.09. The minimum atomic E-state index is 0.613. The van der Waals surface area contributed by atoms with E-state index < -0.39 is 0 Å². The van der Waals surface area contributed by atoms with Crippen molar-refractivity contribution >= 4 is 0 Å². The summed E-state index contributed by atoms with van der Waals surface area (Å²) in [6.45, 7) is 7.79. The highest BCUT2D eigenvalue weighted by atomic mass is 16.5. The minimum absolute atomic E-state index is 0.613. The Bertz CT molecular complexity index is 540. The van der Waals surface area contributed by atoms with Crippen molar-refractivity contribution in [2.45, 2.75) is 20.4 Å². The highest BCUT2D eigenvalue weighted by Crippen LogP contribution is 2.25. The number of nitrogens with zero attached hydrogens (tertiary/aromatic N) is 2. The first-order chi connectivity index (χ1) is 10.3. The Morgan fingerprint density at radius 3 is 2.57 bits per heavy atom. The highest BCUT2D eigenvalue weighted by molar-refractivity contribution is 5.39. The molecule has 0 aliphatic heterocycles. The maximum Gasteiger partial charge on any atom is 0.161 e. The number of ether oxygens (including phenoxy) is 2. The lowest BCUT2D eigenvalue weighted by Crippen LogP contribution is -2.25. The molecule has 0 fully saturated rings. The molecule has 5 heteroatoms. The first-order valence-electron chi connectivity index (χ1n) is 7.34. The molecule has 0 saturated heterocycles. The van der Waals surface area contributed by atoms with Crippen LogP contribution in [0.2, 0.25) is 0 Å². The molecular weight excluding hydrogens is 266 g/mol. The van der Waals surface area contributed by atoms with Crippen LogP contribution in [0, 0.1) is 6.92 Å². The van der Waals surface area contributed by atoms with Gasteiger partial charge in [0.1, 0.15) is 6.61 Å². The van der Waals surface area contributed by atoms with E-state index in [1.54, 1.807) is 0 Å². The van der Waals surface area contributed by atoms with Gasteiger partial charge in [0, 0.05) is 19.3 Å². The molecule has 114 valence electrons. The Balaban J connectivity index is 1.63. The van der Waals surface area contributed by atoms with Gasteiger partial charge >= 0.3 is 0 Å². The Hall–Kier alpha value is -2.01. The average Bonchev–Trinajstić information content (AvgIpc) is 2.90. The number of nitrogens with one attached hydrogen (secondary N) is 1. The van der Waals surface area contributed by atoms with Gasteiger partial charge in [-0.05, 0) is 31.5 Å². The van der Waals surface area contributed by atoms with Crippen LogP contribution in [0.15, 0.2) is 36.7 Å². The van der Waals surface area contributed by atoms with Crippen LogP contribution in [-0.4, -0.2) is 36.1 Å². The fourth-order valence-electron chi connectivity index (χ4n) is 1.99. The monoisotopic (exact) mass is 289 g/mol. The van der Waals surface area contributed by atoms with Crippen LogP contribution >= 0.6 is 0 Å². The maximum atomic E-state index is 5.74. The molecule has 1 aromatic carbocycles. The third-order valence-electron chi connectivity index (χ3n) is 2.97. The summed E-state index contributed by atoms with van der Waals surface area (Å²) in [5.74, 6) is 1.59. The number of aromatic nitrogens is 2. The lowest BCUT2D eigenvalue weighted by atomic mass is 10.3. The summed E-state index contributed by atoms with van der Waals surface area (Å²) in [5.41, 5.74) is 1.19. The quantitative estimate of drug-likeness (QED) is 0.719. The van der Waals surface area contributed by atoms with E-state index in [9.17, 15) is 0 Å². The van der Waals surface area contributed by atoms with Crippen molar-refractivity contribution in [1.82, 2.24) is 15.1 Å². The zero-order valence-electron chi connectivity index (χ0n) is 12.7. The molecule has 0 atom stereocenters. The normalized spacial score (nSPS) is 10.6. The van der Waals surface area contributed by atoms with Crippen LogP contribution in [-0.2, 0) is 6.54 Å². The summed E-state index contributed by atoms with van der Waals surface area (Å²) >= 11 is 0. The Morgan fingerprint density at radius 2 is 1.90 bits per heavy atom. The number of hydrogen-bond donors (Lipinski definition) is 1. The Labute approximate surface area is 125 Å². The second-order valence-electron chi connectivity index (χ2n) is 4.76. The molecule has 0 bridgehead atoms. The predicted molar refractivity (Wildman–Crippen MR) is 82.9 cm³/mol. The van der Waals surface area contributed by atoms with Crippen molar-refractivity contribution in [1.29, 1.82) is 0 Å². The van der Waals surface area contributed by atoms with Gasteiger partial charge in [0.25, 0.3) is 0 Å². The van der Waals surface area contributed by atoms with E-state index in [1.807, 2.05) is 55.2 Å². The summed E-state index contributed by atoms with van der Waals surface area (Å²) in [6, 6.07) is 7.75. The SMILES string of the molecule is CCOc1ccccc1OCCNCCn1cc(C)cn1. The summed E-state index contributed by atoms with van der Waals surface area (Å²) in [4.78, 5) is 0. The smallest absolute Gasteiger partial charge is 0.161 e. The van der Waals surface area contributed by atoms with Crippen LogP contribution in [0.25, 0.3) is 0 Å². The molecule has 0 amide bonds. The van der Waals surface area contributed by atoms with Crippen LogP contribution in [0.3, 0.4) is 0 Å². The molecule has 0 aliphatic carbocycles. The zero-order chi connectivity index (χ0) is 14.9. The van der Waals surface area contributed by atoms with Crippen LogP contribution in [0.4, 0.5) is 0 Å². The fraction of sp³-hybridized carbons (Fsp3) is 0.438. The zero-order valence-corrected chi connectivity index (χ0v) is 12.7. The van der Waals surface area contributed by atoms with Crippen molar-refractivity contribution in [2.75, 3.05) is 26.3 Å². The second-order valence-corrected chi connectivity index (χ2v) is 4.76. The molecule has 0 aliphatic rings. The molecule has 0 unspecified atom stereocenters. The van der Waals surface area contributed by atoms with E-state index in [2.05, 4.69) is 10.4 Å². The number of hydrogen-bond acceptors (Lipinski definition) is 4. The summed E-state index contributed by atoms with van der Waals surface area (Å²) in [5, 5.41) is 7.58. The molecule has 1 N–H and O–H groups in total. The molecular formula is C16H23N3O2. The molecule has 21 heavy (non-hydrogen) atoms. The van der Waals surface area contributed by atoms with Gasteiger partial charge in [0.05, 0.1) is 19.3 Å². The van der Waals surface area contributed by atoms with E-state index in [-0.39, 0.29) is 0 Å². The summed E-state index contributed by atoms with van der Waals surface area (Å²) in [6.07, 6.45) is 3.91. The van der Waals surface area contributed by atoms with Gasteiger partial charge in [-0.2, -0.15) is 5.10 Å². The topological polar surface area (TPSA) is 48.3 Å². The number of benzene rings is 1. The molecule has 2 rings (SSSR count). The van der Waals surface area contributed by atoms with E-state index in [4.69, 9.17) is 9.47 Å². The molecule has 0 radical (unpaired) electrons. The molecule has 0 saturated carbocycles. The van der Waals surface area contributed by atoms with E-state index in [1.165, 1.54) is 5.56 Å². The number of para-hydroxylation sites is 2. The molecule has 2 aromatic rings. The average molecular weight is 289 g/mol. The van der Waals surface area contributed by atoms with Crippen molar-refractivity contribution in [3.63, 3.8) is 0 Å². The number of rotatable bonds is 9. The summed E-state index contributed by atoms with van der Waals surface area (Å²) < 4.78 is 13.2. The maximum absolute atomic E-state index is 5.74. The number of aryl methyl sites for hydroxylation is 1. The van der Waals surface area contributed by atoms with Gasteiger partial charge in [-0.25, -0.2) is 0 Å². The standard InChI is InChI=1S/C16H23N3O2/c1-3-20-15-6-4-5-7-16(15)21-11-9-17-8-10-19-13-14(2)12-18-19/h4-7,12-13,17H,3,8-11H2,1-2H3. The Morgan fingerprint density at radius 1 is 1.14 bits per heavy atom. The van der Waals surface area contributed by atoms with Gasteiger partial charge in [-0.1, -0.05) is 12.1 Å². The van der Waals surface area contributed by atoms with Gasteiger partial charge in [0.15, 0.2) is 11.5 Å². The van der Waals surface area contributed by atoms with E-state index >= 15 is 0 Å². The van der Waals surface area contributed by atoms with Gasteiger partial charge in [0.2, 0.25) is 0 Å². The van der Waals surface area contributed by atoms with Gasteiger partial charge in [-0.15, -0.1) is 0 Å². The van der Waals surface area contributed by atoms with Crippen molar-refractivity contribution in [3.8, 4) is 11.5 Å². The fourth-order valence-corrected chi connectivity index (χ4v) is 1.99. The van der Waals surface area contributed by atoms with Crippen molar-refractivity contribution in [3.05, 3.63) is 42.2 Å². The molecule has 5 nitrogen and oxygen atoms in total. The lowest BCUT2D eigenvalue weighted by Gasteiger charge is -2.12. The summed E-state index contributed by atoms with van der Waals surface area (Å²) in [7, 11) is 0.